The van der Waals surface area contributed by atoms with E-state index in [-0.39, 0.29) is 6.61 Å². The van der Waals surface area contributed by atoms with E-state index in [0.717, 1.165) is 53.2 Å². The molecule has 0 radical (unpaired) electrons. The highest BCUT2D eigenvalue weighted by Gasteiger charge is 2.24. The Balaban J connectivity index is 1.73. The van der Waals surface area contributed by atoms with Crippen molar-refractivity contribution in [2.75, 3.05) is 63.8 Å². The molecule has 2 heterocycles. The molecule has 1 unspecified atom stereocenters. The predicted octanol–water partition coefficient (Wildman–Crippen LogP) is 3.38. The van der Waals surface area contributed by atoms with Crippen molar-refractivity contribution < 1.29 is 9.84 Å². The summed E-state index contributed by atoms with van der Waals surface area (Å²) < 4.78 is 5.46. The van der Waals surface area contributed by atoms with E-state index < -0.39 is 0 Å². The van der Waals surface area contributed by atoms with E-state index in [0.29, 0.717) is 12.5 Å². The Morgan fingerprint density at radius 3 is 2.71 bits per heavy atom. The fraction of sp³-hybridized carbons (Fsp3) is 0.400. The van der Waals surface area contributed by atoms with Crippen LogP contribution in [-0.2, 0) is 0 Å². The third kappa shape index (κ3) is 4.60. The zero-order valence-corrected chi connectivity index (χ0v) is 18.6. The number of methoxy groups -OCH3 is 1. The maximum absolute atomic E-state index is 9.19. The third-order valence-electron chi connectivity index (χ3n) is 6.15. The van der Waals surface area contributed by atoms with Gasteiger partial charge >= 0.3 is 0 Å². The van der Waals surface area contributed by atoms with Crippen molar-refractivity contribution in [2.24, 2.45) is 5.92 Å². The van der Waals surface area contributed by atoms with Crippen LogP contribution < -0.4 is 19.9 Å². The van der Waals surface area contributed by atoms with Crippen molar-refractivity contribution in [3.8, 4) is 17.0 Å². The summed E-state index contributed by atoms with van der Waals surface area (Å²) in [6, 6.07) is 16.8. The molecule has 0 bridgehead atoms. The Bertz CT molecular complexity index is 1020. The van der Waals surface area contributed by atoms with Crippen molar-refractivity contribution in [2.45, 2.75) is 6.42 Å². The van der Waals surface area contributed by atoms with Crippen LogP contribution in [0.4, 0.5) is 11.4 Å². The van der Waals surface area contributed by atoms with E-state index >= 15 is 0 Å². The molecule has 1 aliphatic heterocycles. The number of pyridine rings is 1. The van der Waals surface area contributed by atoms with Crippen molar-refractivity contribution in [3.05, 3.63) is 48.5 Å². The number of nitrogens with zero attached hydrogens (tertiary/aromatic N) is 3. The quantitative estimate of drug-likeness (QED) is 0.583. The van der Waals surface area contributed by atoms with Gasteiger partial charge in [0, 0.05) is 55.1 Å². The van der Waals surface area contributed by atoms with Crippen molar-refractivity contribution in [1.82, 2.24) is 10.3 Å². The molecule has 1 saturated heterocycles. The van der Waals surface area contributed by atoms with Gasteiger partial charge in [0.2, 0.25) is 0 Å². The van der Waals surface area contributed by atoms with E-state index in [4.69, 9.17) is 9.72 Å². The largest absolute Gasteiger partial charge is 0.497 e. The SMILES string of the molecule is CNCC1CCN(c2cc(-c3ccc(N(C)CCO)cc3)nc3cc(OC)ccc23)C1. The number of ether oxygens (including phenoxy) is 1. The number of fused-ring (bicyclic) bond motifs is 1. The normalized spacial score (nSPS) is 16.1. The van der Waals surface area contributed by atoms with Gasteiger partial charge in [0.05, 0.1) is 24.9 Å². The molecule has 164 valence electrons. The summed E-state index contributed by atoms with van der Waals surface area (Å²) in [6.07, 6.45) is 1.20. The molecule has 3 aromatic rings. The Morgan fingerprint density at radius 1 is 1.19 bits per heavy atom. The summed E-state index contributed by atoms with van der Waals surface area (Å²) in [5, 5.41) is 13.7. The van der Waals surface area contributed by atoms with Gasteiger partial charge < -0.3 is 25.0 Å². The number of benzene rings is 2. The van der Waals surface area contributed by atoms with Crippen LogP contribution in [-0.4, -0.2) is 64.1 Å². The van der Waals surface area contributed by atoms with E-state index in [2.05, 4.69) is 46.6 Å². The highest BCUT2D eigenvalue weighted by Crippen LogP contribution is 2.35. The first-order chi connectivity index (χ1) is 15.1. The second-order valence-corrected chi connectivity index (χ2v) is 8.26. The Labute approximate surface area is 184 Å². The van der Waals surface area contributed by atoms with Gasteiger partial charge in [-0.2, -0.15) is 0 Å². The molecule has 6 heteroatoms. The van der Waals surface area contributed by atoms with Crippen LogP contribution >= 0.6 is 0 Å². The predicted molar refractivity (Wildman–Crippen MR) is 128 cm³/mol. The average Bonchev–Trinajstić information content (AvgIpc) is 3.27. The monoisotopic (exact) mass is 420 g/mol. The van der Waals surface area contributed by atoms with E-state index in [1.54, 1.807) is 7.11 Å². The van der Waals surface area contributed by atoms with E-state index in [1.165, 1.54) is 12.1 Å². The molecule has 2 aromatic carbocycles. The second kappa shape index (κ2) is 9.54. The van der Waals surface area contributed by atoms with Gasteiger partial charge in [-0.25, -0.2) is 4.98 Å². The number of rotatable bonds is 8. The second-order valence-electron chi connectivity index (χ2n) is 8.26. The molecule has 2 N–H and O–H groups in total. The van der Waals surface area contributed by atoms with Crippen molar-refractivity contribution in [1.29, 1.82) is 0 Å². The summed E-state index contributed by atoms with van der Waals surface area (Å²) in [4.78, 5) is 9.51. The van der Waals surface area contributed by atoms with Crippen molar-refractivity contribution in [3.63, 3.8) is 0 Å². The molecule has 1 aromatic heterocycles. The number of nitrogens with one attached hydrogen (secondary N) is 1. The molecule has 0 aliphatic carbocycles. The summed E-state index contributed by atoms with van der Waals surface area (Å²) in [5.74, 6) is 1.48. The molecular formula is C25H32N4O2. The highest BCUT2D eigenvalue weighted by molar-refractivity contribution is 5.95. The lowest BCUT2D eigenvalue weighted by Gasteiger charge is -2.22. The number of anilines is 2. The maximum atomic E-state index is 9.19. The lowest BCUT2D eigenvalue weighted by Crippen LogP contribution is -2.24. The van der Waals surface area contributed by atoms with Crippen LogP contribution in [0.1, 0.15) is 6.42 Å². The molecular weight excluding hydrogens is 388 g/mol. The van der Waals surface area contributed by atoms with Crippen LogP contribution in [0.5, 0.6) is 5.75 Å². The van der Waals surface area contributed by atoms with Crippen LogP contribution in [0.25, 0.3) is 22.2 Å². The molecule has 1 atom stereocenters. The average molecular weight is 421 g/mol. The smallest absolute Gasteiger partial charge is 0.121 e. The van der Waals surface area contributed by atoms with Gasteiger partial charge in [-0.15, -0.1) is 0 Å². The summed E-state index contributed by atoms with van der Waals surface area (Å²) in [7, 11) is 5.70. The number of hydrogen-bond donors (Lipinski definition) is 2. The molecule has 0 saturated carbocycles. The Morgan fingerprint density at radius 2 is 2.00 bits per heavy atom. The first kappa shape index (κ1) is 21.4. The minimum Gasteiger partial charge on any atom is -0.497 e. The topological polar surface area (TPSA) is 60.9 Å². The van der Waals surface area contributed by atoms with E-state index in [9.17, 15) is 5.11 Å². The number of aromatic nitrogens is 1. The first-order valence-corrected chi connectivity index (χ1v) is 10.9. The maximum Gasteiger partial charge on any atom is 0.121 e. The summed E-state index contributed by atoms with van der Waals surface area (Å²) in [5.41, 5.74) is 5.31. The molecule has 1 aliphatic rings. The van der Waals surface area contributed by atoms with Crippen LogP contribution in [0.15, 0.2) is 48.5 Å². The standard InChI is InChI=1S/C25H32N4O2/c1-26-16-18-10-11-29(17-18)25-15-23(27-24-14-21(31-3)8-9-22(24)25)19-4-6-20(7-5-19)28(2)12-13-30/h4-9,14-15,18,26,30H,10-13,16-17H2,1-3H3. The van der Waals surface area contributed by atoms with Gasteiger partial charge in [0.25, 0.3) is 0 Å². The lowest BCUT2D eigenvalue weighted by molar-refractivity contribution is 0.304. The highest BCUT2D eigenvalue weighted by atomic mass is 16.5. The van der Waals surface area contributed by atoms with Gasteiger partial charge in [-0.3, -0.25) is 0 Å². The molecule has 0 amide bonds. The zero-order valence-electron chi connectivity index (χ0n) is 18.6. The Hall–Kier alpha value is -2.83. The minimum absolute atomic E-state index is 0.139. The van der Waals surface area contributed by atoms with Gasteiger partial charge in [-0.1, -0.05) is 12.1 Å². The van der Waals surface area contributed by atoms with Crippen LogP contribution in [0.2, 0.25) is 0 Å². The summed E-state index contributed by atoms with van der Waals surface area (Å²) >= 11 is 0. The molecule has 6 nitrogen and oxygen atoms in total. The summed E-state index contributed by atoms with van der Waals surface area (Å²) in [6.45, 7) is 3.90. The van der Waals surface area contributed by atoms with Crippen LogP contribution in [0, 0.1) is 5.92 Å². The molecule has 4 rings (SSSR count). The minimum atomic E-state index is 0.139. The number of likely N-dealkylation sites (N-methyl/N-ethyl adjacent to an activating group) is 1. The van der Waals surface area contributed by atoms with Crippen molar-refractivity contribution >= 4 is 22.3 Å². The van der Waals surface area contributed by atoms with E-state index in [1.807, 2.05) is 31.1 Å². The molecule has 1 fully saturated rings. The number of aliphatic hydroxyl groups is 1. The zero-order chi connectivity index (χ0) is 21.8. The Kier molecular flexibility index (Phi) is 6.59. The first-order valence-electron chi connectivity index (χ1n) is 10.9. The van der Waals surface area contributed by atoms with Crippen LogP contribution in [0.3, 0.4) is 0 Å². The number of aliphatic hydroxyl groups excluding tert-OH is 1. The molecule has 31 heavy (non-hydrogen) atoms. The molecule has 0 spiro atoms. The van der Waals surface area contributed by atoms with Gasteiger partial charge in [-0.05, 0) is 56.3 Å². The third-order valence-corrected chi connectivity index (χ3v) is 6.15. The van der Waals surface area contributed by atoms with Gasteiger partial charge in [0.1, 0.15) is 5.75 Å². The fourth-order valence-corrected chi connectivity index (χ4v) is 4.40. The van der Waals surface area contributed by atoms with Gasteiger partial charge in [0.15, 0.2) is 0 Å². The fourth-order valence-electron chi connectivity index (χ4n) is 4.40. The number of hydrogen-bond acceptors (Lipinski definition) is 6. The lowest BCUT2D eigenvalue weighted by atomic mass is 10.1.